The van der Waals surface area contributed by atoms with Crippen LogP contribution in [0.25, 0.3) is 0 Å². The molecule has 0 radical (unpaired) electrons. The summed E-state index contributed by atoms with van der Waals surface area (Å²) in [5.41, 5.74) is -12.2. The van der Waals surface area contributed by atoms with Crippen molar-refractivity contribution < 1.29 is 65.9 Å². The maximum atomic E-state index is 13.9. The quantitative estimate of drug-likeness (QED) is 0.312. The molecule has 1 nitrogen and oxygen atoms in total. The molecule has 0 aromatic heterocycles. The van der Waals surface area contributed by atoms with E-state index in [1.807, 2.05) is 0 Å². The van der Waals surface area contributed by atoms with E-state index in [1.165, 1.54) is 21.1 Å². The third-order valence-electron chi connectivity index (χ3n) is 4.15. The van der Waals surface area contributed by atoms with E-state index in [4.69, 9.17) is 0 Å². The molecule has 0 atom stereocenters. The molecule has 15 heteroatoms. The van der Waals surface area contributed by atoms with Gasteiger partial charge in [-0.25, -0.2) is 8.78 Å². The average molecular weight is 466 g/mol. The zero-order chi connectivity index (χ0) is 23.9. The molecule has 0 heterocycles. The van der Waals surface area contributed by atoms with Crippen LogP contribution in [0.15, 0.2) is 0 Å². The Balaban J connectivity index is 6.25. The number of nitrogens with zero attached hydrogens (tertiary/aromatic N) is 1. The Morgan fingerprint density at radius 1 is 0.517 bits per heavy atom. The van der Waals surface area contributed by atoms with Crippen molar-refractivity contribution in [1.29, 1.82) is 0 Å². The molecular formula is C14H18F14N+. The molecule has 29 heavy (non-hydrogen) atoms. The molecule has 0 aromatic rings. The van der Waals surface area contributed by atoms with E-state index >= 15 is 0 Å². The number of halogens is 14. The third kappa shape index (κ3) is 6.48. The number of hydrogen-bond acceptors (Lipinski definition) is 0. The van der Waals surface area contributed by atoms with Crippen molar-refractivity contribution >= 4 is 0 Å². The summed E-state index contributed by atoms with van der Waals surface area (Å²) < 4.78 is 180. The van der Waals surface area contributed by atoms with Crippen LogP contribution >= 0.6 is 0 Å². The molecule has 0 amide bonds. The lowest BCUT2D eigenvalue weighted by atomic mass is 9.80. The van der Waals surface area contributed by atoms with E-state index in [2.05, 4.69) is 0 Å². The van der Waals surface area contributed by atoms with Crippen molar-refractivity contribution in [2.75, 3.05) is 27.7 Å². The van der Waals surface area contributed by atoms with E-state index in [-0.39, 0.29) is 4.48 Å². The average Bonchev–Trinajstić information content (AvgIpc) is 2.38. The van der Waals surface area contributed by atoms with Crippen LogP contribution in [0, 0.1) is 5.92 Å². The topological polar surface area (TPSA) is 0 Å². The molecular weight excluding hydrogens is 448 g/mol. The van der Waals surface area contributed by atoms with Crippen molar-refractivity contribution in [2.45, 2.75) is 55.3 Å². The highest BCUT2D eigenvalue weighted by molar-refractivity contribution is 5.01. The summed E-state index contributed by atoms with van der Waals surface area (Å²) in [6.45, 7) is -0.553. The summed E-state index contributed by atoms with van der Waals surface area (Å²) in [4.78, 5) is 0. The van der Waals surface area contributed by atoms with Crippen LogP contribution in [0.2, 0.25) is 0 Å². The molecule has 0 unspecified atom stereocenters. The van der Waals surface area contributed by atoms with Crippen LogP contribution in [-0.2, 0) is 0 Å². The molecule has 0 aliphatic carbocycles. The Bertz CT molecular complexity index is 465. The maximum absolute atomic E-state index is 13.9. The lowest BCUT2D eigenvalue weighted by Crippen LogP contribution is -2.57. The van der Waals surface area contributed by atoms with Gasteiger partial charge in [-0.2, -0.15) is 52.7 Å². The second-order valence-electron chi connectivity index (χ2n) is 7.67. The molecule has 0 aromatic carbocycles. The fourth-order valence-corrected chi connectivity index (χ4v) is 2.43. The highest BCUT2D eigenvalue weighted by Crippen LogP contribution is 2.54. The molecule has 0 saturated heterocycles. The Kier molecular flexibility index (Phi) is 7.63. The highest BCUT2D eigenvalue weighted by Gasteiger charge is 2.75. The van der Waals surface area contributed by atoms with Gasteiger partial charge in [0.1, 0.15) is 0 Å². The maximum Gasteiger partial charge on any atom is 0.431 e. The minimum Gasteiger partial charge on any atom is -0.331 e. The van der Waals surface area contributed by atoms with Crippen LogP contribution in [0.3, 0.4) is 0 Å². The van der Waals surface area contributed by atoms with E-state index < -0.39 is 67.8 Å². The second-order valence-corrected chi connectivity index (χ2v) is 7.67. The smallest absolute Gasteiger partial charge is 0.331 e. The monoisotopic (exact) mass is 466 g/mol. The number of alkyl halides is 14. The molecule has 0 rings (SSSR count). The number of quaternary nitrogens is 1. The number of hydrogen-bond donors (Lipinski definition) is 0. The molecule has 0 saturated carbocycles. The second kappa shape index (κ2) is 7.91. The van der Waals surface area contributed by atoms with E-state index in [0.717, 1.165) is 0 Å². The minimum atomic E-state index is -6.70. The predicted octanol–water partition coefficient (Wildman–Crippen LogP) is 6.14. The van der Waals surface area contributed by atoms with Gasteiger partial charge in [-0.3, -0.25) is 0 Å². The summed E-state index contributed by atoms with van der Waals surface area (Å²) in [6.07, 6.45) is -33.7. The molecule has 0 N–H and O–H groups in total. The van der Waals surface area contributed by atoms with Gasteiger partial charge in [-0.1, -0.05) is 0 Å². The van der Waals surface area contributed by atoms with E-state index in [9.17, 15) is 61.5 Å². The van der Waals surface area contributed by atoms with Crippen molar-refractivity contribution in [1.82, 2.24) is 0 Å². The fraction of sp³-hybridized carbons (Fsp3) is 1.00. The zero-order valence-electron chi connectivity index (χ0n) is 15.1. The Morgan fingerprint density at radius 2 is 0.759 bits per heavy atom. The molecule has 0 spiro atoms. The first-order valence-electron chi connectivity index (χ1n) is 7.74. The van der Waals surface area contributed by atoms with Gasteiger partial charge >= 0.3 is 24.7 Å². The first kappa shape index (κ1) is 28.0. The standard InChI is InChI=1S/C14H18F14N/c1-29(2,3)5-4-8(6-9(15,11(17,18)19)12(20,21)22)7-10(16,13(23,24)25)14(26,27)28/h8H,4-7H2,1-3H3/q+1. The van der Waals surface area contributed by atoms with Gasteiger partial charge in [0.2, 0.25) is 0 Å². The summed E-state index contributed by atoms with van der Waals surface area (Å²) >= 11 is 0. The zero-order valence-corrected chi connectivity index (χ0v) is 15.1. The van der Waals surface area contributed by atoms with Crippen LogP contribution in [0.4, 0.5) is 61.5 Å². The molecule has 0 fully saturated rings. The van der Waals surface area contributed by atoms with Gasteiger partial charge in [-0.15, -0.1) is 0 Å². The van der Waals surface area contributed by atoms with Crippen molar-refractivity contribution in [3.63, 3.8) is 0 Å². The summed E-state index contributed by atoms with van der Waals surface area (Å²) in [6, 6.07) is 0. The van der Waals surface area contributed by atoms with Gasteiger partial charge in [0.05, 0.1) is 27.7 Å². The molecule has 0 aliphatic rings. The van der Waals surface area contributed by atoms with Crippen molar-refractivity contribution in [3.8, 4) is 0 Å². The SMILES string of the molecule is C[N+](C)(C)CCC(CC(F)(C(F)(F)F)C(F)(F)F)CC(F)(C(F)(F)F)C(F)(F)F. The first-order chi connectivity index (χ1) is 12.3. The van der Waals surface area contributed by atoms with E-state index in [1.54, 1.807) is 0 Å². The van der Waals surface area contributed by atoms with Crippen LogP contribution in [0.5, 0.6) is 0 Å². The van der Waals surface area contributed by atoms with Crippen LogP contribution in [0.1, 0.15) is 19.3 Å². The predicted molar refractivity (Wildman–Crippen MR) is 72.1 cm³/mol. The van der Waals surface area contributed by atoms with Crippen molar-refractivity contribution in [2.24, 2.45) is 5.92 Å². The fourth-order valence-electron chi connectivity index (χ4n) is 2.43. The minimum absolute atomic E-state index is 0.314. The summed E-state index contributed by atoms with van der Waals surface area (Å²) in [5, 5.41) is 0. The first-order valence-corrected chi connectivity index (χ1v) is 7.74. The lowest BCUT2D eigenvalue weighted by molar-refractivity contribution is -0.871. The van der Waals surface area contributed by atoms with Crippen LogP contribution in [-0.4, -0.2) is 68.2 Å². The van der Waals surface area contributed by atoms with Gasteiger partial charge in [0.25, 0.3) is 11.3 Å². The van der Waals surface area contributed by atoms with Crippen LogP contribution < -0.4 is 0 Å². The Hall–Kier alpha value is -1.02. The Labute approximate surface area is 156 Å². The molecule has 0 bridgehead atoms. The highest BCUT2D eigenvalue weighted by atomic mass is 19.4. The Morgan fingerprint density at radius 3 is 0.931 bits per heavy atom. The number of rotatable bonds is 7. The normalized spacial score (nSPS) is 15.9. The lowest BCUT2D eigenvalue weighted by Gasteiger charge is -2.37. The third-order valence-corrected chi connectivity index (χ3v) is 4.15. The van der Waals surface area contributed by atoms with Gasteiger partial charge in [0.15, 0.2) is 0 Å². The van der Waals surface area contributed by atoms with Gasteiger partial charge in [0, 0.05) is 12.8 Å². The van der Waals surface area contributed by atoms with Gasteiger partial charge < -0.3 is 4.48 Å². The van der Waals surface area contributed by atoms with Gasteiger partial charge in [-0.05, 0) is 12.3 Å². The molecule has 0 aliphatic heterocycles. The summed E-state index contributed by atoms with van der Waals surface area (Å²) in [7, 11) is 3.80. The summed E-state index contributed by atoms with van der Waals surface area (Å²) in [5.74, 6) is -2.89. The largest absolute Gasteiger partial charge is 0.431 e. The van der Waals surface area contributed by atoms with Crippen molar-refractivity contribution in [3.05, 3.63) is 0 Å². The van der Waals surface area contributed by atoms with E-state index in [0.29, 0.717) is 0 Å². The molecule has 176 valence electrons.